The van der Waals surface area contributed by atoms with Gasteiger partial charge in [0.05, 0.1) is 5.56 Å². The molecule has 0 atom stereocenters. The summed E-state index contributed by atoms with van der Waals surface area (Å²) in [7, 11) is 1.00. The van der Waals surface area contributed by atoms with Gasteiger partial charge in [-0.05, 0) is 106 Å². The first-order valence-corrected chi connectivity index (χ1v) is 14.4. The number of phenolic OH excluding ortho intramolecular Hbond substituents is 1. The lowest BCUT2D eigenvalue weighted by Gasteiger charge is -2.22. The van der Waals surface area contributed by atoms with Gasteiger partial charge in [-0.15, -0.1) is 0 Å². The second-order valence-corrected chi connectivity index (χ2v) is 11.9. The van der Waals surface area contributed by atoms with Gasteiger partial charge < -0.3 is 39.9 Å². The Balaban J connectivity index is 0.00000174. The number of hydrogen-bond donors (Lipinski definition) is 4. The molecule has 0 spiro atoms. The fraction of sp³-hybridized carbons (Fsp3) is 0.243. The normalized spacial score (nSPS) is 10.3. The number of ether oxygens (including phenoxy) is 2. The summed E-state index contributed by atoms with van der Waals surface area (Å²) in [5, 5.41) is 23.7. The summed E-state index contributed by atoms with van der Waals surface area (Å²) in [6.07, 6.45) is 0. The molecule has 10 nitrogen and oxygen atoms in total. The molecule has 0 fully saturated rings. The van der Waals surface area contributed by atoms with Crippen molar-refractivity contribution in [3.8, 4) is 28.7 Å². The van der Waals surface area contributed by atoms with Gasteiger partial charge in [-0.25, -0.2) is 0 Å². The van der Waals surface area contributed by atoms with Crippen LogP contribution in [-0.2, 0) is 9.59 Å². The predicted octanol–water partition coefficient (Wildman–Crippen LogP) is 7.91. The zero-order chi connectivity index (χ0) is 35.8. The van der Waals surface area contributed by atoms with Crippen molar-refractivity contribution in [3.05, 3.63) is 102 Å². The Morgan fingerprint density at radius 2 is 1.02 bits per heavy atom. The van der Waals surface area contributed by atoms with E-state index in [1.165, 1.54) is 12.1 Å². The number of amides is 1. The Hall–Kier alpha value is -5.48. The third kappa shape index (κ3) is 12.8. The molecule has 4 aromatic rings. The number of phenols is 1. The highest BCUT2D eigenvalue weighted by Crippen LogP contribution is 2.30. The van der Waals surface area contributed by atoms with E-state index in [-0.39, 0.29) is 22.6 Å². The molecule has 4 rings (SSSR count). The highest BCUT2D eigenvalue weighted by atomic mass is 16.5. The van der Waals surface area contributed by atoms with E-state index < -0.39 is 11.3 Å². The number of carbonyl (C=O) groups is 4. The monoisotopic (exact) mass is 644 g/mol. The molecular weight excluding hydrogens is 600 g/mol. The minimum atomic E-state index is -0.475. The Bertz CT molecular complexity index is 1550. The van der Waals surface area contributed by atoms with Gasteiger partial charge in [0.2, 0.25) is 0 Å². The molecule has 0 saturated heterocycles. The lowest BCUT2D eigenvalue weighted by Crippen LogP contribution is -2.25. The number of carbonyl (C=O) groups excluding carboxylic acids is 4. The van der Waals surface area contributed by atoms with Gasteiger partial charge >= 0.3 is 0 Å². The number of aliphatic hydroxyl groups excluding tert-OH is 1. The van der Waals surface area contributed by atoms with E-state index in [0.717, 1.165) is 12.8 Å². The van der Waals surface area contributed by atoms with Crippen LogP contribution in [0.4, 0.5) is 11.4 Å². The van der Waals surface area contributed by atoms with Crippen molar-refractivity contribution in [2.24, 2.45) is 5.41 Å². The van der Waals surface area contributed by atoms with Crippen LogP contribution in [0, 0.1) is 5.41 Å². The van der Waals surface area contributed by atoms with E-state index in [1.54, 1.807) is 54.6 Å². The van der Waals surface area contributed by atoms with Crippen LogP contribution in [0.2, 0.25) is 0 Å². The number of aliphatic hydroxyl groups is 1. The summed E-state index contributed by atoms with van der Waals surface area (Å²) in [5.74, 6) is 1.55. The summed E-state index contributed by atoms with van der Waals surface area (Å²) < 4.78 is 11.7. The molecule has 0 saturated carbocycles. The zero-order valence-corrected chi connectivity index (χ0v) is 27.9. The van der Waals surface area contributed by atoms with E-state index in [0.29, 0.717) is 34.2 Å². The molecule has 0 unspecified atom stereocenters. The standard InChI is InChI=1S/C34H36N2O5.CH4O.2CH2O/c1-33(2,3)31(38)22-7-13-25(14-8-22)41-28-19-20-29(30(37)21-28)32(39)35-23-9-15-26(16-10-23)40-27-17-11-24(12-18-27)36-34(4,5)6;3*1-2/h7-21,36-37H,1-6H3,(H,35,39);2H,1H3;2*1H2. The van der Waals surface area contributed by atoms with Crippen LogP contribution >= 0.6 is 0 Å². The van der Waals surface area contributed by atoms with E-state index in [2.05, 4.69) is 31.4 Å². The van der Waals surface area contributed by atoms with Gasteiger partial charge in [0, 0.05) is 41.1 Å². The van der Waals surface area contributed by atoms with E-state index >= 15 is 0 Å². The minimum absolute atomic E-state index is 0.0301. The van der Waals surface area contributed by atoms with Crippen molar-refractivity contribution in [3.63, 3.8) is 0 Å². The lowest BCUT2D eigenvalue weighted by molar-refractivity contribution is -0.0987. The van der Waals surface area contributed by atoms with Crippen molar-refractivity contribution in [1.82, 2.24) is 0 Å². The van der Waals surface area contributed by atoms with Gasteiger partial charge in [0.15, 0.2) is 5.78 Å². The van der Waals surface area contributed by atoms with E-state index in [9.17, 15) is 14.7 Å². The van der Waals surface area contributed by atoms with Crippen LogP contribution in [0.3, 0.4) is 0 Å². The molecule has 4 aromatic carbocycles. The van der Waals surface area contributed by atoms with E-state index in [1.807, 2.05) is 58.6 Å². The molecule has 250 valence electrons. The quantitative estimate of drug-likeness (QED) is 0.140. The molecule has 0 aliphatic carbocycles. The fourth-order valence-corrected chi connectivity index (χ4v) is 3.99. The van der Waals surface area contributed by atoms with Crippen molar-refractivity contribution in [2.45, 2.75) is 47.1 Å². The number of nitrogens with one attached hydrogen (secondary N) is 2. The van der Waals surface area contributed by atoms with Crippen LogP contribution in [0.25, 0.3) is 0 Å². The van der Waals surface area contributed by atoms with Crippen molar-refractivity contribution in [1.29, 1.82) is 0 Å². The number of anilines is 2. The Labute approximate surface area is 276 Å². The first-order valence-electron chi connectivity index (χ1n) is 14.4. The molecule has 0 radical (unpaired) electrons. The first-order chi connectivity index (χ1) is 22.3. The number of ketones is 1. The molecule has 0 aliphatic rings. The van der Waals surface area contributed by atoms with Crippen molar-refractivity contribution < 1.29 is 38.9 Å². The Kier molecular flexibility index (Phi) is 15.5. The molecule has 0 heterocycles. The molecule has 0 aliphatic heterocycles. The number of aromatic hydroxyl groups is 1. The molecular formula is C37H44N2O8. The van der Waals surface area contributed by atoms with Crippen LogP contribution in [0.15, 0.2) is 91.0 Å². The van der Waals surface area contributed by atoms with Crippen molar-refractivity contribution in [2.75, 3.05) is 17.7 Å². The summed E-state index contributed by atoms with van der Waals surface area (Å²) in [6.45, 7) is 15.9. The maximum Gasteiger partial charge on any atom is 0.259 e. The fourth-order valence-electron chi connectivity index (χ4n) is 3.99. The maximum atomic E-state index is 12.8. The summed E-state index contributed by atoms with van der Waals surface area (Å²) >= 11 is 0. The van der Waals surface area contributed by atoms with Gasteiger partial charge in [0.1, 0.15) is 42.3 Å². The Morgan fingerprint density at radius 1 is 0.617 bits per heavy atom. The molecule has 47 heavy (non-hydrogen) atoms. The molecule has 0 aromatic heterocycles. The minimum Gasteiger partial charge on any atom is -0.507 e. The number of hydrogen-bond acceptors (Lipinski definition) is 9. The second kappa shape index (κ2) is 18.5. The average molecular weight is 645 g/mol. The largest absolute Gasteiger partial charge is 0.507 e. The van der Waals surface area contributed by atoms with Crippen LogP contribution in [0.5, 0.6) is 28.7 Å². The number of Topliss-reactive ketones (excluding diaryl/α,β-unsaturated/α-hetero) is 1. The van der Waals surface area contributed by atoms with Gasteiger partial charge in [-0.2, -0.15) is 0 Å². The zero-order valence-electron chi connectivity index (χ0n) is 27.9. The summed E-state index contributed by atoms with van der Waals surface area (Å²) in [5.41, 5.74) is 1.76. The third-order valence-corrected chi connectivity index (χ3v) is 5.97. The highest BCUT2D eigenvalue weighted by molar-refractivity contribution is 6.06. The summed E-state index contributed by atoms with van der Waals surface area (Å²) in [6, 6.07) is 26.0. The van der Waals surface area contributed by atoms with Crippen LogP contribution in [-0.4, -0.2) is 48.1 Å². The maximum absolute atomic E-state index is 12.8. The Morgan fingerprint density at radius 3 is 1.45 bits per heavy atom. The van der Waals surface area contributed by atoms with Crippen LogP contribution in [0.1, 0.15) is 62.3 Å². The number of benzene rings is 4. The SMILES string of the molecule is C=O.C=O.CC(C)(C)Nc1ccc(Oc2ccc(NC(=O)c3ccc(Oc4ccc(C(=O)C(C)(C)C)cc4)cc3O)cc2)cc1.CO. The third-order valence-electron chi connectivity index (χ3n) is 5.97. The molecule has 4 N–H and O–H groups in total. The highest BCUT2D eigenvalue weighted by Gasteiger charge is 2.22. The predicted molar refractivity (Wildman–Crippen MR) is 185 cm³/mol. The molecule has 0 bridgehead atoms. The number of rotatable bonds is 8. The topological polar surface area (TPSA) is 151 Å². The van der Waals surface area contributed by atoms with Gasteiger partial charge in [-0.1, -0.05) is 20.8 Å². The second-order valence-electron chi connectivity index (χ2n) is 11.9. The van der Waals surface area contributed by atoms with Crippen molar-refractivity contribution >= 4 is 36.6 Å². The van der Waals surface area contributed by atoms with Gasteiger partial charge in [0.25, 0.3) is 5.91 Å². The summed E-state index contributed by atoms with van der Waals surface area (Å²) in [4.78, 5) is 41.2. The average Bonchev–Trinajstić information content (AvgIpc) is 3.05. The van der Waals surface area contributed by atoms with Crippen LogP contribution < -0.4 is 20.1 Å². The smallest absolute Gasteiger partial charge is 0.259 e. The molecule has 1 amide bonds. The van der Waals surface area contributed by atoms with Gasteiger partial charge in [-0.3, -0.25) is 9.59 Å². The lowest BCUT2D eigenvalue weighted by atomic mass is 9.86. The van der Waals surface area contributed by atoms with E-state index in [4.69, 9.17) is 24.2 Å². The molecule has 10 heteroatoms. The first kappa shape index (κ1) is 39.5.